The summed E-state index contributed by atoms with van der Waals surface area (Å²) in [6.07, 6.45) is 1.56. The van der Waals surface area contributed by atoms with E-state index in [9.17, 15) is 9.59 Å². The van der Waals surface area contributed by atoms with E-state index in [2.05, 4.69) is 0 Å². The van der Waals surface area contributed by atoms with Gasteiger partial charge in [0.1, 0.15) is 11.5 Å². The molecule has 0 fully saturated rings. The Morgan fingerprint density at radius 3 is 1.48 bits per heavy atom. The molecule has 0 aliphatic heterocycles. The molecule has 0 atom stereocenters. The van der Waals surface area contributed by atoms with Crippen LogP contribution in [0.15, 0.2) is 72.8 Å². The topological polar surface area (TPSA) is 52.6 Å². The van der Waals surface area contributed by atoms with Crippen molar-refractivity contribution in [2.45, 2.75) is 0 Å². The van der Waals surface area contributed by atoms with Gasteiger partial charge in [0.15, 0.2) is 12.6 Å². The van der Waals surface area contributed by atoms with Gasteiger partial charge in [0.05, 0.1) is 11.1 Å². The number of benzene rings is 4. The van der Waals surface area contributed by atoms with Crippen molar-refractivity contribution >= 4 is 34.1 Å². The minimum atomic E-state index is -0.113. The molecule has 0 bridgehead atoms. The van der Waals surface area contributed by atoms with E-state index in [4.69, 9.17) is 9.47 Å². The van der Waals surface area contributed by atoms with Crippen molar-refractivity contribution in [2.75, 3.05) is 6.79 Å². The van der Waals surface area contributed by atoms with E-state index in [1.54, 1.807) is 12.1 Å². The molecule has 4 nitrogen and oxygen atoms in total. The summed E-state index contributed by atoms with van der Waals surface area (Å²) in [5.74, 6) is 0.884. The Morgan fingerprint density at radius 2 is 1.04 bits per heavy atom. The van der Waals surface area contributed by atoms with Crippen LogP contribution < -0.4 is 9.47 Å². The normalized spacial score (nSPS) is 10.7. The van der Waals surface area contributed by atoms with Crippen LogP contribution in [0.4, 0.5) is 0 Å². The van der Waals surface area contributed by atoms with Crippen molar-refractivity contribution in [1.29, 1.82) is 0 Å². The molecule has 4 heteroatoms. The highest BCUT2D eigenvalue weighted by Crippen LogP contribution is 2.28. The number of fused-ring (bicyclic) bond motifs is 2. The SMILES string of the molecule is O=Cc1c(OCOc2ccc3ccccc3c2C=O)ccc2ccccc12. The van der Waals surface area contributed by atoms with Gasteiger partial charge in [-0.1, -0.05) is 60.7 Å². The third kappa shape index (κ3) is 3.13. The van der Waals surface area contributed by atoms with Crippen LogP contribution in [0.2, 0.25) is 0 Å². The molecule has 0 aromatic heterocycles. The monoisotopic (exact) mass is 356 g/mol. The van der Waals surface area contributed by atoms with E-state index in [1.807, 2.05) is 60.7 Å². The van der Waals surface area contributed by atoms with Crippen molar-refractivity contribution < 1.29 is 19.1 Å². The van der Waals surface area contributed by atoms with Crippen molar-refractivity contribution in [2.24, 2.45) is 0 Å². The fourth-order valence-corrected chi connectivity index (χ4v) is 3.20. The number of carbonyl (C=O) groups excluding carboxylic acids is 2. The largest absolute Gasteiger partial charge is 0.457 e. The predicted octanol–water partition coefficient (Wildman–Crippen LogP) is 5.03. The van der Waals surface area contributed by atoms with Crippen molar-refractivity contribution in [3.05, 3.63) is 83.9 Å². The summed E-state index contributed by atoms with van der Waals surface area (Å²) in [5.41, 5.74) is 0.955. The molecule has 0 aliphatic rings. The van der Waals surface area contributed by atoms with E-state index in [1.165, 1.54) is 0 Å². The summed E-state index contributed by atoms with van der Waals surface area (Å²) in [4.78, 5) is 23.1. The van der Waals surface area contributed by atoms with E-state index < -0.39 is 0 Å². The van der Waals surface area contributed by atoms with Gasteiger partial charge in [0.2, 0.25) is 6.79 Å². The fourth-order valence-electron chi connectivity index (χ4n) is 3.20. The molecule has 0 saturated heterocycles. The number of rotatable bonds is 6. The summed E-state index contributed by atoms with van der Waals surface area (Å²) in [7, 11) is 0. The van der Waals surface area contributed by atoms with Crippen LogP contribution in [0.3, 0.4) is 0 Å². The van der Waals surface area contributed by atoms with Gasteiger partial charge in [-0.15, -0.1) is 0 Å². The lowest BCUT2D eigenvalue weighted by atomic mass is 10.0. The molecule has 4 aromatic rings. The summed E-state index contributed by atoms with van der Waals surface area (Å²) in [6, 6.07) is 22.5. The van der Waals surface area contributed by atoms with Gasteiger partial charge in [-0.25, -0.2) is 0 Å². The smallest absolute Gasteiger partial charge is 0.230 e. The molecule has 0 amide bonds. The number of carbonyl (C=O) groups is 2. The Morgan fingerprint density at radius 1 is 0.593 bits per heavy atom. The van der Waals surface area contributed by atoms with Crippen LogP contribution in [0.25, 0.3) is 21.5 Å². The zero-order chi connectivity index (χ0) is 18.6. The summed E-state index contributed by atoms with van der Waals surface area (Å²) in [6.45, 7) is -0.113. The molecule has 4 rings (SSSR count). The molecule has 132 valence electrons. The molecule has 4 aromatic carbocycles. The lowest BCUT2D eigenvalue weighted by molar-refractivity contribution is 0.106. The minimum Gasteiger partial charge on any atom is -0.457 e. The Bertz CT molecular complexity index is 1060. The highest BCUT2D eigenvalue weighted by atomic mass is 16.7. The Labute approximate surface area is 155 Å². The third-order valence-corrected chi connectivity index (χ3v) is 4.53. The maximum Gasteiger partial charge on any atom is 0.230 e. The number of hydrogen-bond donors (Lipinski definition) is 0. The second-order valence-corrected chi connectivity index (χ2v) is 6.04. The second-order valence-electron chi connectivity index (χ2n) is 6.04. The molecule has 0 heterocycles. The van der Waals surface area contributed by atoms with E-state index in [0.717, 1.165) is 34.1 Å². The molecule has 0 radical (unpaired) electrons. The van der Waals surface area contributed by atoms with Gasteiger partial charge in [-0.3, -0.25) is 9.59 Å². The standard InChI is InChI=1S/C23H16O4/c24-13-20-18-7-3-1-5-16(18)9-11-22(20)26-15-27-23-12-10-17-6-2-4-8-19(17)21(23)14-25/h1-14H,15H2. The van der Waals surface area contributed by atoms with Crippen molar-refractivity contribution in [3.63, 3.8) is 0 Å². The third-order valence-electron chi connectivity index (χ3n) is 4.53. The highest BCUT2D eigenvalue weighted by Gasteiger charge is 2.10. The van der Waals surface area contributed by atoms with E-state index in [0.29, 0.717) is 22.6 Å². The minimum absolute atomic E-state index is 0.113. The lowest BCUT2D eigenvalue weighted by Crippen LogP contribution is -2.08. The molecule has 0 saturated carbocycles. The summed E-state index contributed by atoms with van der Waals surface area (Å²) < 4.78 is 11.4. The van der Waals surface area contributed by atoms with E-state index in [-0.39, 0.29) is 6.79 Å². The molecule has 27 heavy (non-hydrogen) atoms. The second kappa shape index (κ2) is 7.30. The van der Waals surface area contributed by atoms with Gasteiger partial charge in [-0.05, 0) is 33.7 Å². The van der Waals surface area contributed by atoms with Gasteiger partial charge in [-0.2, -0.15) is 0 Å². The Hall–Kier alpha value is -3.66. The average molecular weight is 356 g/mol. The first-order chi connectivity index (χ1) is 13.3. The molecule has 0 N–H and O–H groups in total. The number of aldehydes is 2. The summed E-state index contributed by atoms with van der Waals surface area (Å²) >= 11 is 0. The number of ether oxygens (including phenoxy) is 2. The maximum absolute atomic E-state index is 11.6. The predicted molar refractivity (Wildman–Crippen MR) is 105 cm³/mol. The first kappa shape index (κ1) is 16.8. The Balaban J connectivity index is 1.59. The van der Waals surface area contributed by atoms with Gasteiger partial charge in [0, 0.05) is 0 Å². The Kier molecular flexibility index (Phi) is 4.54. The average Bonchev–Trinajstić information content (AvgIpc) is 2.73. The van der Waals surface area contributed by atoms with Crippen LogP contribution in [-0.4, -0.2) is 19.4 Å². The van der Waals surface area contributed by atoms with Crippen LogP contribution in [0.5, 0.6) is 11.5 Å². The van der Waals surface area contributed by atoms with Gasteiger partial charge >= 0.3 is 0 Å². The van der Waals surface area contributed by atoms with Crippen LogP contribution in [0.1, 0.15) is 20.7 Å². The van der Waals surface area contributed by atoms with Gasteiger partial charge in [0.25, 0.3) is 0 Å². The fraction of sp³-hybridized carbons (Fsp3) is 0.0435. The zero-order valence-electron chi connectivity index (χ0n) is 14.4. The number of hydrogen-bond acceptors (Lipinski definition) is 4. The quantitative estimate of drug-likeness (QED) is 0.359. The molecule has 0 spiro atoms. The van der Waals surface area contributed by atoms with Crippen LogP contribution >= 0.6 is 0 Å². The molecule has 0 unspecified atom stereocenters. The summed E-state index contributed by atoms with van der Waals surface area (Å²) in [5, 5.41) is 3.57. The first-order valence-electron chi connectivity index (χ1n) is 8.51. The molecule has 0 aliphatic carbocycles. The van der Waals surface area contributed by atoms with Crippen LogP contribution in [0, 0.1) is 0 Å². The first-order valence-corrected chi connectivity index (χ1v) is 8.51. The molecular formula is C23H16O4. The van der Waals surface area contributed by atoms with Gasteiger partial charge < -0.3 is 9.47 Å². The van der Waals surface area contributed by atoms with E-state index >= 15 is 0 Å². The van der Waals surface area contributed by atoms with Crippen LogP contribution in [-0.2, 0) is 0 Å². The van der Waals surface area contributed by atoms with Crippen molar-refractivity contribution in [1.82, 2.24) is 0 Å². The van der Waals surface area contributed by atoms with Crippen molar-refractivity contribution in [3.8, 4) is 11.5 Å². The zero-order valence-corrected chi connectivity index (χ0v) is 14.4. The lowest BCUT2D eigenvalue weighted by Gasteiger charge is -2.13. The molecular weight excluding hydrogens is 340 g/mol. The maximum atomic E-state index is 11.6. The highest BCUT2D eigenvalue weighted by molar-refractivity contribution is 6.01.